The first-order valence-electron chi connectivity index (χ1n) is 10.7. The Morgan fingerprint density at radius 1 is 0.970 bits per heavy atom. The van der Waals surface area contributed by atoms with E-state index in [1.165, 1.54) is 25.3 Å². The first-order chi connectivity index (χ1) is 15.6. The summed E-state index contributed by atoms with van der Waals surface area (Å²) in [6.45, 7) is 6.65. The number of carbonyl (C=O) groups is 3. The fourth-order valence-corrected chi connectivity index (χ4v) is 3.20. The van der Waals surface area contributed by atoms with Gasteiger partial charge < -0.3 is 26.5 Å². The van der Waals surface area contributed by atoms with E-state index in [4.69, 9.17) is 5.41 Å². The van der Waals surface area contributed by atoms with Gasteiger partial charge in [0.05, 0.1) is 12.1 Å². The lowest BCUT2D eigenvalue weighted by Crippen LogP contribution is -2.57. The Kier molecular flexibility index (Phi) is 9.08. The molecule has 0 spiro atoms. The maximum Gasteiger partial charge on any atom is 0.274 e. The molecule has 176 valence electrons. The zero-order valence-corrected chi connectivity index (χ0v) is 19.3. The Morgan fingerprint density at radius 3 is 2.21 bits per heavy atom. The van der Waals surface area contributed by atoms with E-state index < -0.39 is 29.9 Å². The van der Waals surface area contributed by atoms with Crippen LogP contribution in [-0.2, 0) is 16.0 Å². The molecule has 2 aromatic rings. The second kappa shape index (κ2) is 11.8. The van der Waals surface area contributed by atoms with Gasteiger partial charge in [0.15, 0.2) is 5.69 Å². The maximum absolute atomic E-state index is 13.1. The summed E-state index contributed by atoms with van der Waals surface area (Å²) in [5.74, 6) is -1.93. The van der Waals surface area contributed by atoms with E-state index in [1.54, 1.807) is 20.8 Å². The molecule has 3 amide bonds. The molecule has 0 fully saturated rings. The minimum atomic E-state index is -0.846. The van der Waals surface area contributed by atoms with Crippen LogP contribution in [0.2, 0.25) is 0 Å². The monoisotopic (exact) mass is 453 g/mol. The van der Waals surface area contributed by atoms with Crippen molar-refractivity contribution >= 4 is 23.4 Å². The average molecular weight is 454 g/mol. The van der Waals surface area contributed by atoms with E-state index >= 15 is 0 Å². The molecule has 0 saturated heterocycles. The normalized spacial score (nSPS) is 13.5. The van der Waals surface area contributed by atoms with Crippen LogP contribution in [0.1, 0.15) is 43.7 Å². The fourth-order valence-electron chi connectivity index (χ4n) is 3.20. The molecular weight excluding hydrogens is 422 g/mol. The number of hydrogen-bond donors (Lipinski definition) is 5. The summed E-state index contributed by atoms with van der Waals surface area (Å²) in [6.07, 6.45) is 1.66. The van der Waals surface area contributed by atoms with Crippen molar-refractivity contribution in [3.05, 3.63) is 59.9 Å². The van der Waals surface area contributed by atoms with Crippen LogP contribution in [0, 0.1) is 11.3 Å². The lowest BCUT2D eigenvalue weighted by atomic mass is 10.0. The highest BCUT2D eigenvalue weighted by molar-refractivity contribution is 5.99. The first kappa shape index (κ1) is 25.5. The van der Waals surface area contributed by atoms with E-state index in [0.717, 1.165) is 5.56 Å². The minimum absolute atomic E-state index is 0.109. The van der Waals surface area contributed by atoms with Crippen LogP contribution in [-0.4, -0.2) is 51.6 Å². The van der Waals surface area contributed by atoms with Crippen molar-refractivity contribution in [2.75, 3.05) is 0 Å². The van der Waals surface area contributed by atoms with Crippen LogP contribution in [0.15, 0.2) is 48.7 Å². The van der Waals surface area contributed by atoms with Gasteiger partial charge in [-0.3, -0.25) is 14.4 Å². The third-order valence-corrected chi connectivity index (χ3v) is 5.06. The molecule has 9 nitrogen and oxygen atoms in total. The van der Waals surface area contributed by atoms with Crippen molar-refractivity contribution in [3.63, 3.8) is 0 Å². The zero-order chi connectivity index (χ0) is 24.5. The van der Waals surface area contributed by atoms with Gasteiger partial charge in [0, 0.05) is 24.2 Å². The number of aromatic nitrogens is 1. The Hall–Kier alpha value is -3.75. The SMILES string of the molecule is CC(=N)C(NC(=O)c1ncccc1O)C(C)NC(=O)C(Cc1ccccc1)NC(=O)C(C)C. The van der Waals surface area contributed by atoms with Crippen molar-refractivity contribution in [2.24, 2.45) is 5.92 Å². The standard InChI is InChI=1S/C24H31N5O4/c1-14(2)22(31)28-18(13-17-9-6-5-7-10-17)23(32)27-16(4)20(15(3)25)29-24(33)21-19(30)11-8-12-26-21/h5-12,14,16,18,20,25,30H,13H2,1-4H3,(H,27,32)(H,28,31)(H,29,33). The van der Waals surface area contributed by atoms with Gasteiger partial charge in [0.2, 0.25) is 11.8 Å². The number of benzene rings is 1. The molecule has 3 unspecified atom stereocenters. The largest absolute Gasteiger partial charge is 0.505 e. The number of carbonyl (C=O) groups excluding carboxylic acids is 3. The molecule has 0 aliphatic carbocycles. The number of aromatic hydroxyl groups is 1. The molecule has 0 radical (unpaired) electrons. The zero-order valence-electron chi connectivity index (χ0n) is 19.3. The number of nitrogens with one attached hydrogen (secondary N) is 4. The summed E-state index contributed by atoms with van der Waals surface area (Å²) in [7, 11) is 0. The van der Waals surface area contributed by atoms with Gasteiger partial charge in [-0.1, -0.05) is 44.2 Å². The van der Waals surface area contributed by atoms with Gasteiger partial charge in [-0.25, -0.2) is 4.98 Å². The van der Waals surface area contributed by atoms with E-state index in [9.17, 15) is 19.5 Å². The second-order valence-electron chi connectivity index (χ2n) is 8.21. The van der Waals surface area contributed by atoms with Gasteiger partial charge in [0.25, 0.3) is 5.91 Å². The highest BCUT2D eigenvalue weighted by Gasteiger charge is 2.29. The highest BCUT2D eigenvalue weighted by atomic mass is 16.3. The Morgan fingerprint density at radius 2 is 1.64 bits per heavy atom. The number of pyridine rings is 1. The van der Waals surface area contributed by atoms with Crippen LogP contribution < -0.4 is 16.0 Å². The molecule has 0 bridgehead atoms. The van der Waals surface area contributed by atoms with Crippen molar-refractivity contribution in [3.8, 4) is 5.75 Å². The Balaban J connectivity index is 2.15. The predicted molar refractivity (Wildman–Crippen MR) is 125 cm³/mol. The average Bonchev–Trinajstić information content (AvgIpc) is 2.77. The fraction of sp³-hybridized carbons (Fsp3) is 0.375. The van der Waals surface area contributed by atoms with Crippen molar-refractivity contribution in [1.29, 1.82) is 5.41 Å². The first-order valence-corrected chi connectivity index (χ1v) is 10.7. The summed E-state index contributed by atoms with van der Waals surface area (Å²) in [6, 6.07) is 9.81. The molecule has 0 saturated carbocycles. The second-order valence-corrected chi connectivity index (χ2v) is 8.21. The van der Waals surface area contributed by atoms with Crippen molar-refractivity contribution in [2.45, 2.75) is 52.2 Å². The molecule has 5 N–H and O–H groups in total. The van der Waals surface area contributed by atoms with Crippen LogP contribution >= 0.6 is 0 Å². The summed E-state index contributed by atoms with van der Waals surface area (Å²) < 4.78 is 0. The van der Waals surface area contributed by atoms with E-state index in [-0.39, 0.29) is 29.0 Å². The molecule has 0 aliphatic heterocycles. The number of hydrogen-bond acceptors (Lipinski definition) is 6. The van der Waals surface area contributed by atoms with Crippen molar-refractivity contribution < 1.29 is 19.5 Å². The summed E-state index contributed by atoms with van der Waals surface area (Å²) >= 11 is 0. The summed E-state index contributed by atoms with van der Waals surface area (Å²) in [4.78, 5) is 41.8. The third kappa shape index (κ3) is 7.41. The van der Waals surface area contributed by atoms with Crippen molar-refractivity contribution in [1.82, 2.24) is 20.9 Å². The lowest BCUT2D eigenvalue weighted by Gasteiger charge is -2.28. The minimum Gasteiger partial charge on any atom is -0.505 e. The molecule has 33 heavy (non-hydrogen) atoms. The van der Waals surface area contributed by atoms with Gasteiger partial charge in [-0.2, -0.15) is 0 Å². The van der Waals surface area contributed by atoms with E-state index in [2.05, 4.69) is 20.9 Å². The van der Waals surface area contributed by atoms with E-state index in [1.807, 2.05) is 30.3 Å². The smallest absolute Gasteiger partial charge is 0.274 e. The molecule has 1 aromatic heterocycles. The Labute approximate surface area is 193 Å². The molecule has 1 heterocycles. The van der Waals surface area contributed by atoms with Gasteiger partial charge in [-0.05, 0) is 31.5 Å². The topological polar surface area (TPSA) is 144 Å². The molecule has 3 atom stereocenters. The van der Waals surface area contributed by atoms with Gasteiger partial charge in [0.1, 0.15) is 11.8 Å². The Bertz CT molecular complexity index is 993. The molecule has 1 aromatic carbocycles. The lowest BCUT2D eigenvalue weighted by molar-refractivity contribution is -0.130. The van der Waals surface area contributed by atoms with Gasteiger partial charge in [-0.15, -0.1) is 0 Å². The number of rotatable bonds is 10. The number of nitrogens with zero attached hydrogens (tertiary/aromatic N) is 1. The van der Waals surface area contributed by atoms with Crippen LogP contribution in [0.25, 0.3) is 0 Å². The van der Waals surface area contributed by atoms with Crippen LogP contribution in [0.4, 0.5) is 0 Å². The predicted octanol–water partition coefficient (Wildman–Crippen LogP) is 1.81. The molecule has 2 rings (SSSR count). The molecule has 9 heteroatoms. The molecular formula is C24H31N5O4. The third-order valence-electron chi connectivity index (χ3n) is 5.06. The van der Waals surface area contributed by atoms with Crippen LogP contribution in [0.3, 0.4) is 0 Å². The quantitative estimate of drug-likeness (QED) is 0.349. The maximum atomic E-state index is 13.1. The summed E-state index contributed by atoms with van der Waals surface area (Å²) in [5.41, 5.74) is 0.818. The molecule has 0 aliphatic rings. The highest BCUT2D eigenvalue weighted by Crippen LogP contribution is 2.13. The van der Waals surface area contributed by atoms with Gasteiger partial charge >= 0.3 is 0 Å². The number of amides is 3. The summed E-state index contributed by atoms with van der Waals surface area (Å²) in [5, 5.41) is 26.2. The van der Waals surface area contributed by atoms with E-state index in [0.29, 0.717) is 6.42 Å². The van der Waals surface area contributed by atoms with Crippen LogP contribution in [0.5, 0.6) is 5.75 Å².